The van der Waals surface area contributed by atoms with Crippen LogP contribution in [0, 0.1) is 0 Å². The number of hydrogen-bond donors (Lipinski definition) is 2. The standard InChI is InChI=1S/C17H17ClN2/c1-12(13-5-3-2-4-6-13)19-10-14-11-20-17-9-15(18)7-8-16(14)17/h2-9,11-12,19-20H,10H2,1H3/t12-/m1/s1. The zero-order chi connectivity index (χ0) is 13.9. The maximum atomic E-state index is 6.00. The molecule has 0 aliphatic carbocycles. The summed E-state index contributed by atoms with van der Waals surface area (Å²) in [6.07, 6.45) is 2.05. The number of hydrogen-bond acceptors (Lipinski definition) is 1. The molecule has 2 nitrogen and oxygen atoms in total. The molecular formula is C17H17ClN2. The maximum Gasteiger partial charge on any atom is 0.0472 e. The van der Waals surface area contributed by atoms with Gasteiger partial charge < -0.3 is 10.3 Å². The average Bonchev–Trinajstić information content (AvgIpc) is 2.88. The van der Waals surface area contributed by atoms with Crippen LogP contribution in [0.15, 0.2) is 54.7 Å². The number of H-pyrrole nitrogens is 1. The Morgan fingerprint density at radius 2 is 1.95 bits per heavy atom. The molecule has 3 rings (SSSR count). The summed E-state index contributed by atoms with van der Waals surface area (Å²) >= 11 is 6.00. The molecule has 0 amide bonds. The number of aromatic nitrogens is 1. The Morgan fingerprint density at radius 1 is 1.15 bits per heavy atom. The third-order valence-electron chi connectivity index (χ3n) is 3.63. The van der Waals surface area contributed by atoms with E-state index in [2.05, 4.69) is 47.6 Å². The number of nitrogens with one attached hydrogen (secondary N) is 2. The van der Waals surface area contributed by atoms with Gasteiger partial charge in [-0.3, -0.25) is 0 Å². The van der Waals surface area contributed by atoms with Gasteiger partial charge in [-0.1, -0.05) is 48.0 Å². The van der Waals surface area contributed by atoms with Gasteiger partial charge in [0.05, 0.1) is 0 Å². The van der Waals surface area contributed by atoms with Crippen molar-refractivity contribution in [3.05, 3.63) is 70.9 Å². The predicted octanol–water partition coefficient (Wildman–Crippen LogP) is 4.67. The summed E-state index contributed by atoms with van der Waals surface area (Å²) in [5.41, 5.74) is 3.65. The summed E-state index contributed by atoms with van der Waals surface area (Å²) in [6, 6.07) is 16.8. The fourth-order valence-electron chi connectivity index (χ4n) is 2.43. The first-order valence-electron chi connectivity index (χ1n) is 6.78. The van der Waals surface area contributed by atoms with E-state index in [1.165, 1.54) is 16.5 Å². The summed E-state index contributed by atoms with van der Waals surface area (Å²) in [5.74, 6) is 0. The minimum Gasteiger partial charge on any atom is -0.361 e. The molecule has 20 heavy (non-hydrogen) atoms. The van der Waals surface area contributed by atoms with Gasteiger partial charge in [0.25, 0.3) is 0 Å². The Bertz CT molecular complexity index is 703. The van der Waals surface area contributed by atoms with Gasteiger partial charge in [-0.2, -0.15) is 0 Å². The second-order valence-electron chi connectivity index (χ2n) is 5.02. The van der Waals surface area contributed by atoms with Gasteiger partial charge in [-0.15, -0.1) is 0 Å². The SMILES string of the molecule is C[C@@H](NCc1c[nH]c2cc(Cl)ccc12)c1ccccc1. The Kier molecular flexibility index (Phi) is 3.77. The highest BCUT2D eigenvalue weighted by atomic mass is 35.5. The van der Waals surface area contributed by atoms with Crippen LogP contribution in [0.2, 0.25) is 5.02 Å². The number of benzene rings is 2. The summed E-state index contributed by atoms with van der Waals surface area (Å²) in [7, 11) is 0. The van der Waals surface area contributed by atoms with Crippen LogP contribution in [0.3, 0.4) is 0 Å². The minimum atomic E-state index is 0.327. The molecule has 1 atom stereocenters. The van der Waals surface area contributed by atoms with E-state index >= 15 is 0 Å². The monoisotopic (exact) mass is 284 g/mol. The largest absolute Gasteiger partial charge is 0.361 e. The van der Waals surface area contributed by atoms with Crippen molar-refractivity contribution in [1.82, 2.24) is 10.3 Å². The summed E-state index contributed by atoms with van der Waals surface area (Å²) < 4.78 is 0. The molecule has 0 aliphatic heterocycles. The quantitative estimate of drug-likeness (QED) is 0.716. The van der Waals surface area contributed by atoms with Gasteiger partial charge in [-0.05, 0) is 30.2 Å². The van der Waals surface area contributed by atoms with E-state index < -0.39 is 0 Å². The highest BCUT2D eigenvalue weighted by Crippen LogP contribution is 2.22. The zero-order valence-corrected chi connectivity index (χ0v) is 12.1. The molecule has 0 fully saturated rings. The molecule has 1 heterocycles. The van der Waals surface area contributed by atoms with Crippen molar-refractivity contribution in [1.29, 1.82) is 0 Å². The van der Waals surface area contributed by atoms with Crippen LogP contribution in [0.5, 0.6) is 0 Å². The molecule has 3 aromatic rings. The Hall–Kier alpha value is -1.77. The van der Waals surface area contributed by atoms with E-state index in [4.69, 9.17) is 11.6 Å². The lowest BCUT2D eigenvalue weighted by Crippen LogP contribution is -2.17. The predicted molar refractivity (Wildman–Crippen MR) is 85.0 cm³/mol. The number of halogens is 1. The fraction of sp³-hybridized carbons (Fsp3) is 0.176. The molecule has 0 saturated heterocycles. The maximum absolute atomic E-state index is 6.00. The van der Waals surface area contributed by atoms with E-state index in [1.54, 1.807) is 0 Å². The van der Waals surface area contributed by atoms with Crippen LogP contribution in [0.25, 0.3) is 10.9 Å². The molecule has 0 saturated carbocycles. The molecule has 2 N–H and O–H groups in total. The van der Waals surface area contributed by atoms with Crippen molar-refractivity contribution < 1.29 is 0 Å². The molecule has 0 unspecified atom stereocenters. The third-order valence-corrected chi connectivity index (χ3v) is 3.86. The first-order chi connectivity index (χ1) is 9.74. The molecular weight excluding hydrogens is 268 g/mol. The summed E-state index contributed by atoms with van der Waals surface area (Å²) in [4.78, 5) is 3.27. The zero-order valence-electron chi connectivity index (χ0n) is 11.4. The van der Waals surface area contributed by atoms with Crippen molar-refractivity contribution in [3.8, 4) is 0 Å². The van der Waals surface area contributed by atoms with Crippen LogP contribution < -0.4 is 5.32 Å². The molecule has 0 radical (unpaired) electrons. The highest BCUT2D eigenvalue weighted by molar-refractivity contribution is 6.31. The third kappa shape index (κ3) is 2.72. The highest BCUT2D eigenvalue weighted by Gasteiger charge is 2.07. The Labute approximate surface area is 123 Å². The van der Waals surface area contributed by atoms with E-state index in [9.17, 15) is 0 Å². The number of fused-ring (bicyclic) bond motifs is 1. The normalized spacial score (nSPS) is 12.7. The molecule has 1 aromatic heterocycles. The van der Waals surface area contributed by atoms with Crippen LogP contribution in [-0.4, -0.2) is 4.98 Å². The molecule has 3 heteroatoms. The van der Waals surface area contributed by atoms with Gasteiger partial charge >= 0.3 is 0 Å². The minimum absolute atomic E-state index is 0.327. The average molecular weight is 285 g/mol. The first-order valence-corrected chi connectivity index (χ1v) is 7.15. The smallest absolute Gasteiger partial charge is 0.0472 e. The van der Waals surface area contributed by atoms with Gasteiger partial charge in [0.1, 0.15) is 0 Å². The van der Waals surface area contributed by atoms with Crippen molar-refractivity contribution in [2.75, 3.05) is 0 Å². The van der Waals surface area contributed by atoms with Crippen LogP contribution >= 0.6 is 11.6 Å². The lowest BCUT2D eigenvalue weighted by Gasteiger charge is -2.13. The van der Waals surface area contributed by atoms with Gasteiger partial charge in [0.15, 0.2) is 0 Å². The second kappa shape index (κ2) is 5.70. The van der Waals surface area contributed by atoms with Crippen LogP contribution in [-0.2, 0) is 6.54 Å². The number of aromatic amines is 1. The molecule has 2 aromatic carbocycles. The number of rotatable bonds is 4. The lowest BCUT2D eigenvalue weighted by molar-refractivity contribution is 0.576. The molecule has 0 spiro atoms. The summed E-state index contributed by atoms with van der Waals surface area (Å²) in [6.45, 7) is 3.01. The van der Waals surface area contributed by atoms with Crippen molar-refractivity contribution in [3.63, 3.8) is 0 Å². The molecule has 0 bridgehead atoms. The van der Waals surface area contributed by atoms with E-state index in [1.807, 2.05) is 24.4 Å². The van der Waals surface area contributed by atoms with Crippen LogP contribution in [0.4, 0.5) is 0 Å². The molecule has 0 aliphatic rings. The van der Waals surface area contributed by atoms with Gasteiger partial charge in [-0.25, -0.2) is 0 Å². The lowest BCUT2D eigenvalue weighted by atomic mass is 10.1. The second-order valence-corrected chi connectivity index (χ2v) is 5.45. The van der Waals surface area contributed by atoms with Crippen molar-refractivity contribution in [2.24, 2.45) is 0 Å². The Morgan fingerprint density at radius 3 is 2.75 bits per heavy atom. The van der Waals surface area contributed by atoms with E-state index in [0.29, 0.717) is 6.04 Å². The van der Waals surface area contributed by atoms with Gasteiger partial charge in [0.2, 0.25) is 0 Å². The van der Waals surface area contributed by atoms with Gasteiger partial charge in [0, 0.05) is 34.7 Å². The fourth-order valence-corrected chi connectivity index (χ4v) is 2.60. The molecule has 102 valence electrons. The van der Waals surface area contributed by atoms with Crippen molar-refractivity contribution in [2.45, 2.75) is 19.5 Å². The summed E-state index contributed by atoms with van der Waals surface area (Å²) in [5, 5.41) is 5.54. The van der Waals surface area contributed by atoms with E-state index in [0.717, 1.165) is 17.1 Å². The topological polar surface area (TPSA) is 27.8 Å². The van der Waals surface area contributed by atoms with Crippen molar-refractivity contribution >= 4 is 22.5 Å². The van der Waals surface area contributed by atoms with E-state index in [-0.39, 0.29) is 0 Å². The first kappa shape index (κ1) is 13.2. The Balaban J connectivity index is 1.74. The van der Waals surface area contributed by atoms with Crippen LogP contribution in [0.1, 0.15) is 24.1 Å².